The first-order valence-corrected chi connectivity index (χ1v) is 6.45. The quantitative estimate of drug-likeness (QED) is 0.784. The fourth-order valence-corrected chi connectivity index (χ4v) is 1.90. The Balaban J connectivity index is 2.32. The highest BCUT2D eigenvalue weighted by molar-refractivity contribution is 5.88. The van der Waals surface area contributed by atoms with Crippen LogP contribution in [0.3, 0.4) is 0 Å². The maximum Gasteiger partial charge on any atom is 0.356 e. The van der Waals surface area contributed by atoms with Crippen LogP contribution in [0.4, 0.5) is 0 Å². The van der Waals surface area contributed by atoms with Gasteiger partial charge in [-0.2, -0.15) is 5.10 Å². The number of methoxy groups -OCH3 is 2. The summed E-state index contributed by atoms with van der Waals surface area (Å²) in [6.45, 7) is 0. The number of benzene rings is 1. The van der Waals surface area contributed by atoms with E-state index in [-0.39, 0.29) is 12.4 Å². The predicted molar refractivity (Wildman–Crippen MR) is 75.2 cm³/mol. The Bertz CT molecular complexity index is 634. The summed E-state index contributed by atoms with van der Waals surface area (Å²) in [7, 11) is 2.66. The van der Waals surface area contributed by atoms with Crippen LogP contribution in [0.5, 0.6) is 0 Å². The van der Waals surface area contributed by atoms with Gasteiger partial charge in [-0.25, -0.2) is 9.48 Å². The fraction of sp³-hybridized carbons (Fsp3) is 0.267. The summed E-state index contributed by atoms with van der Waals surface area (Å²) >= 11 is 0. The number of carbonyl (C=O) groups excluding carboxylic acids is 2. The molecule has 0 atom stereocenters. The zero-order valence-corrected chi connectivity index (χ0v) is 11.9. The average Bonchev–Trinajstić information content (AvgIpc) is 2.97. The number of rotatable bonds is 5. The molecule has 6 nitrogen and oxygen atoms in total. The molecule has 1 aromatic carbocycles. The van der Waals surface area contributed by atoms with Crippen molar-refractivity contribution in [2.75, 3.05) is 14.2 Å². The first kappa shape index (κ1) is 14.8. The minimum atomic E-state index is -0.476. The minimum absolute atomic E-state index is 0.211. The standard InChI is InChI=1S/C15H16N2O4/c1-20-14(18)9-8-11-10-13(15(19)21-2)17(16-11)12-6-4-3-5-7-12/h3-7,10H,8-9H2,1-2H3. The number of ether oxygens (including phenoxy) is 2. The second-order valence-electron chi connectivity index (χ2n) is 4.34. The first-order chi connectivity index (χ1) is 10.2. The number of esters is 2. The van der Waals surface area contributed by atoms with Crippen molar-refractivity contribution in [1.29, 1.82) is 0 Å². The van der Waals surface area contributed by atoms with Crippen molar-refractivity contribution in [2.45, 2.75) is 12.8 Å². The first-order valence-electron chi connectivity index (χ1n) is 6.45. The van der Waals surface area contributed by atoms with Gasteiger partial charge in [0.2, 0.25) is 0 Å². The number of hydrogen-bond acceptors (Lipinski definition) is 5. The second-order valence-corrected chi connectivity index (χ2v) is 4.34. The van der Waals surface area contributed by atoms with E-state index < -0.39 is 5.97 Å². The van der Waals surface area contributed by atoms with E-state index >= 15 is 0 Å². The van der Waals surface area contributed by atoms with Gasteiger partial charge in [0, 0.05) is 6.42 Å². The van der Waals surface area contributed by atoms with E-state index in [1.807, 2.05) is 30.3 Å². The third-order valence-electron chi connectivity index (χ3n) is 2.97. The molecule has 0 fully saturated rings. The molecular weight excluding hydrogens is 272 g/mol. The van der Waals surface area contributed by atoms with Gasteiger partial charge in [-0.3, -0.25) is 4.79 Å². The molecule has 21 heavy (non-hydrogen) atoms. The van der Waals surface area contributed by atoms with Gasteiger partial charge in [-0.05, 0) is 18.2 Å². The van der Waals surface area contributed by atoms with Crippen molar-refractivity contribution in [3.05, 3.63) is 47.8 Å². The average molecular weight is 288 g/mol. The molecule has 0 spiro atoms. The van der Waals surface area contributed by atoms with Gasteiger partial charge in [0.1, 0.15) is 0 Å². The monoisotopic (exact) mass is 288 g/mol. The van der Waals surface area contributed by atoms with Crippen LogP contribution in [0.25, 0.3) is 5.69 Å². The van der Waals surface area contributed by atoms with Gasteiger partial charge in [0.05, 0.1) is 32.0 Å². The SMILES string of the molecule is COC(=O)CCc1cc(C(=O)OC)n(-c2ccccc2)n1. The molecule has 0 aliphatic rings. The lowest BCUT2D eigenvalue weighted by atomic mass is 10.2. The maximum absolute atomic E-state index is 11.8. The number of carbonyl (C=O) groups is 2. The van der Waals surface area contributed by atoms with Crippen LogP contribution in [-0.4, -0.2) is 35.9 Å². The lowest BCUT2D eigenvalue weighted by Crippen LogP contribution is -2.10. The van der Waals surface area contributed by atoms with E-state index in [9.17, 15) is 9.59 Å². The molecule has 0 radical (unpaired) electrons. The highest BCUT2D eigenvalue weighted by atomic mass is 16.5. The molecule has 0 saturated heterocycles. The summed E-state index contributed by atoms with van der Waals surface area (Å²) in [4.78, 5) is 23.0. The van der Waals surface area contributed by atoms with Crippen molar-refractivity contribution < 1.29 is 19.1 Å². The summed E-state index contributed by atoms with van der Waals surface area (Å²) < 4.78 is 10.9. The molecule has 0 saturated carbocycles. The Morgan fingerprint density at radius 1 is 1.14 bits per heavy atom. The Kier molecular flexibility index (Phi) is 4.71. The van der Waals surface area contributed by atoms with E-state index in [0.29, 0.717) is 17.8 Å². The van der Waals surface area contributed by atoms with Gasteiger partial charge in [-0.15, -0.1) is 0 Å². The number of aryl methyl sites for hydroxylation is 1. The van der Waals surface area contributed by atoms with E-state index in [2.05, 4.69) is 9.84 Å². The largest absolute Gasteiger partial charge is 0.469 e. The van der Waals surface area contributed by atoms with Crippen LogP contribution >= 0.6 is 0 Å². The fourth-order valence-electron chi connectivity index (χ4n) is 1.90. The number of para-hydroxylation sites is 1. The van der Waals surface area contributed by atoms with Crippen molar-refractivity contribution in [3.8, 4) is 5.69 Å². The number of nitrogens with zero attached hydrogens (tertiary/aromatic N) is 2. The third kappa shape index (κ3) is 3.47. The van der Waals surface area contributed by atoms with Crippen molar-refractivity contribution in [1.82, 2.24) is 9.78 Å². The molecule has 0 aliphatic carbocycles. The molecule has 0 amide bonds. The molecule has 0 unspecified atom stereocenters. The minimum Gasteiger partial charge on any atom is -0.469 e. The van der Waals surface area contributed by atoms with Crippen LogP contribution in [0.1, 0.15) is 22.6 Å². The van der Waals surface area contributed by atoms with Crippen LogP contribution < -0.4 is 0 Å². The van der Waals surface area contributed by atoms with Crippen molar-refractivity contribution in [2.24, 2.45) is 0 Å². The molecule has 2 aromatic rings. The molecule has 1 aromatic heterocycles. The Morgan fingerprint density at radius 2 is 1.86 bits per heavy atom. The van der Waals surface area contributed by atoms with Crippen LogP contribution in [0, 0.1) is 0 Å². The summed E-state index contributed by atoms with van der Waals surface area (Å²) in [6.07, 6.45) is 0.611. The normalized spacial score (nSPS) is 10.2. The molecule has 110 valence electrons. The number of hydrogen-bond donors (Lipinski definition) is 0. The highest BCUT2D eigenvalue weighted by Gasteiger charge is 2.17. The third-order valence-corrected chi connectivity index (χ3v) is 2.97. The van der Waals surface area contributed by atoms with Crippen LogP contribution in [0.15, 0.2) is 36.4 Å². The van der Waals surface area contributed by atoms with E-state index in [0.717, 1.165) is 5.69 Å². The molecule has 0 aliphatic heterocycles. The Labute approximate surface area is 122 Å². The molecule has 6 heteroatoms. The lowest BCUT2D eigenvalue weighted by molar-refractivity contribution is -0.140. The van der Waals surface area contributed by atoms with Gasteiger partial charge < -0.3 is 9.47 Å². The highest BCUT2D eigenvalue weighted by Crippen LogP contribution is 2.15. The molecule has 0 bridgehead atoms. The zero-order valence-electron chi connectivity index (χ0n) is 11.9. The van der Waals surface area contributed by atoms with E-state index in [1.54, 1.807) is 6.07 Å². The molecule has 1 heterocycles. The van der Waals surface area contributed by atoms with Crippen LogP contribution in [0.2, 0.25) is 0 Å². The predicted octanol–water partition coefficient (Wildman–Crippen LogP) is 1.76. The second kappa shape index (κ2) is 6.69. The summed E-state index contributed by atoms with van der Waals surface area (Å²) in [5.74, 6) is -0.792. The Morgan fingerprint density at radius 3 is 2.48 bits per heavy atom. The maximum atomic E-state index is 11.8. The van der Waals surface area contributed by atoms with Crippen molar-refractivity contribution in [3.63, 3.8) is 0 Å². The summed E-state index contributed by atoms with van der Waals surface area (Å²) in [5.41, 5.74) is 1.70. The molecule has 0 N–H and O–H groups in total. The van der Waals surface area contributed by atoms with Gasteiger partial charge in [0.15, 0.2) is 5.69 Å². The Hall–Kier alpha value is -2.63. The summed E-state index contributed by atoms with van der Waals surface area (Å²) in [6, 6.07) is 10.9. The van der Waals surface area contributed by atoms with Crippen LogP contribution in [-0.2, 0) is 20.7 Å². The van der Waals surface area contributed by atoms with Gasteiger partial charge in [0.25, 0.3) is 0 Å². The smallest absolute Gasteiger partial charge is 0.356 e. The van der Waals surface area contributed by atoms with E-state index in [4.69, 9.17) is 4.74 Å². The molecular formula is C15H16N2O4. The lowest BCUT2D eigenvalue weighted by Gasteiger charge is -2.05. The van der Waals surface area contributed by atoms with Crippen molar-refractivity contribution >= 4 is 11.9 Å². The summed E-state index contributed by atoms with van der Waals surface area (Å²) in [5, 5.41) is 4.36. The molecule has 2 rings (SSSR count). The number of aromatic nitrogens is 2. The van der Waals surface area contributed by atoms with E-state index in [1.165, 1.54) is 18.9 Å². The zero-order chi connectivity index (χ0) is 15.2. The van der Waals surface area contributed by atoms with Gasteiger partial charge >= 0.3 is 11.9 Å². The topological polar surface area (TPSA) is 70.4 Å². The van der Waals surface area contributed by atoms with Gasteiger partial charge in [-0.1, -0.05) is 18.2 Å².